The number of halogens is 1. The third kappa shape index (κ3) is 4.27. The molecule has 0 radical (unpaired) electrons. The third-order valence-corrected chi connectivity index (χ3v) is 4.98. The molecule has 0 saturated carbocycles. The van der Waals surface area contributed by atoms with E-state index in [0.717, 1.165) is 15.5 Å². The number of likely N-dealkylation sites (N-methyl/N-ethyl adjacent to an activating group) is 1. The highest BCUT2D eigenvalue weighted by atomic mass is 19.1. The Morgan fingerprint density at radius 3 is 2.55 bits per heavy atom. The minimum atomic E-state index is -1.20. The molecule has 1 aliphatic rings. The zero-order valence-corrected chi connectivity index (χ0v) is 16.4. The normalized spacial score (nSPS) is 19.8. The van der Waals surface area contributed by atoms with E-state index in [9.17, 15) is 18.8 Å². The van der Waals surface area contributed by atoms with Crippen LogP contribution in [-0.2, 0) is 21.7 Å². The van der Waals surface area contributed by atoms with Crippen LogP contribution in [0.1, 0.15) is 24.5 Å². The summed E-state index contributed by atoms with van der Waals surface area (Å²) in [5.41, 5.74) is 2.61. The van der Waals surface area contributed by atoms with Gasteiger partial charge in [-0.05, 0) is 24.1 Å². The molecule has 29 heavy (non-hydrogen) atoms. The van der Waals surface area contributed by atoms with E-state index in [4.69, 9.17) is 0 Å². The number of imide groups is 1. The lowest BCUT2D eigenvalue weighted by molar-refractivity contribution is -0.885. The lowest BCUT2D eigenvalue weighted by Crippen LogP contribution is -3.09. The Hall–Kier alpha value is -3.26. The lowest BCUT2D eigenvalue weighted by Gasteiger charge is -2.25. The fraction of sp³-hybridized carbons (Fsp3) is 0.286. The lowest BCUT2D eigenvalue weighted by atomic mass is 9.87. The molecule has 8 heteroatoms. The zero-order valence-electron chi connectivity index (χ0n) is 16.4. The maximum atomic E-state index is 13.3. The van der Waals surface area contributed by atoms with Crippen molar-refractivity contribution in [3.8, 4) is 0 Å². The molecule has 2 aromatic rings. The number of hydrazine groups is 1. The summed E-state index contributed by atoms with van der Waals surface area (Å²) in [6.45, 7) is 2.24. The van der Waals surface area contributed by atoms with E-state index in [1.165, 1.54) is 12.1 Å². The second kappa shape index (κ2) is 8.40. The molecule has 1 heterocycles. The van der Waals surface area contributed by atoms with Gasteiger partial charge in [-0.2, -0.15) is 5.01 Å². The topological polar surface area (TPSA) is 83.0 Å². The van der Waals surface area contributed by atoms with Crippen molar-refractivity contribution in [1.29, 1.82) is 0 Å². The van der Waals surface area contributed by atoms with Crippen LogP contribution in [0.15, 0.2) is 54.6 Å². The van der Waals surface area contributed by atoms with Gasteiger partial charge >= 0.3 is 6.03 Å². The molecule has 0 spiro atoms. The van der Waals surface area contributed by atoms with Crippen LogP contribution in [0.25, 0.3) is 0 Å². The Kier molecular flexibility index (Phi) is 5.93. The van der Waals surface area contributed by atoms with Crippen molar-refractivity contribution in [3.05, 3.63) is 71.5 Å². The number of hydrogen-bond donors (Lipinski definition) is 3. The molecule has 1 saturated heterocycles. The number of urea groups is 1. The van der Waals surface area contributed by atoms with Crippen LogP contribution < -0.4 is 15.6 Å². The van der Waals surface area contributed by atoms with Gasteiger partial charge in [0.2, 0.25) is 0 Å². The predicted molar refractivity (Wildman–Crippen MR) is 104 cm³/mol. The Bertz CT molecular complexity index is 921. The quantitative estimate of drug-likeness (QED) is 0.601. The highest BCUT2D eigenvalue weighted by Crippen LogP contribution is 2.31. The van der Waals surface area contributed by atoms with E-state index in [1.54, 1.807) is 50.4 Å². The Labute approximate surface area is 168 Å². The van der Waals surface area contributed by atoms with Crippen LogP contribution in [0.4, 0.5) is 9.18 Å². The predicted octanol–water partition coefficient (Wildman–Crippen LogP) is 0.729. The minimum Gasteiger partial charge on any atom is -0.326 e. The summed E-state index contributed by atoms with van der Waals surface area (Å²) in [7, 11) is 1.77. The molecule has 1 aliphatic heterocycles. The molecule has 7 nitrogen and oxygen atoms in total. The van der Waals surface area contributed by atoms with Crippen molar-refractivity contribution in [3.63, 3.8) is 0 Å². The van der Waals surface area contributed by atoms with Gasteiger partial charge in [0.1, 0.15) is 17.9 Å². The van der Waals surface area contributed by atoms with Crippen LogP contribution >= 0.6 is 0 Å². The summed E-state index contributed by atoms with van der Waals surface area (Å²) in [4.78, 5) is 38.6. The van der Waals surface area contributed by atoms with Crippen LogP contribution in [0, 0.1) is 5.82 Å². The molecule has 1 fully saturated rings. The van der Waals surface area contributed by atoms with E-state index in [2.05, 4.69) is 10.7 Å². The number of benzene rings is 2. The molecule has 0 aromatic heterocycles. The largest absolute Gasteiger partial charge is 0.344 e. The number of hydrogen-bond acceptors (Lipinski definition) is 3. The number of carbonyl (C=O) groups excluding carboxylic acids is 3. The first-order chi connectivity index (χ1) is 13.9. The van der Waals surface area contributed by atoms with Gasteiger partial charge in [-0.25, -0.2) is 9.18 Å². The smallest absolute Gasteiger partial charge is 0.326 e. The van der Waals surface area contributed by atoms with E-state index >= 15 is 0 Å². The monoisotopic (exact) mass is 399 g/mol. The second-order valence-electron chi connectivity index (χ2n) is 7.17. The van der Waals surface area contributed by atoms with Crippen molar-refractivity contribution in [2.24, 2.45) is 0 Å². The molecular weight excluding hydrogens is 375 g/mol. The summed E-state index contributed by atoms with van der Waals surface area (Å²) in [5.74, 6) is -1.34. The van der Waals surface area contributed by atoms with Gasteiger partial charge < -0.3 is 10.2 Å². The SMILES string of the molecule is CC[C@@]1(c2ccccc2)NC(=O)N(NC(=O)C[NH+](C)Cc2cccc(F)c2)C1=O. The summed E-state index contributed by atoms with van der Waals surface area (Å²) in [6.07, 6.45) is 0.346. The molecule has 2 atom stereocenters. The fourth-order valence-corrected chi connectivity index (χ4v) is 3.53. The molecule has 0 bridgehead atoms. The molecular formula is C21H24FN4O3+. The number of carbonyl (C=O) groups is 3. The van der Waals surface area contributed by atoms with Gasteiger partial charge in [0.15, 0.2) is 6.54 Å². The van der Waals surface area contributed by atoms with Crippen molar-refractivity contribution in [1.82, 2.24) is 15.8 Å². The highest BCUT2D eigenvalue weighted by Gasteiger charge is 2.52. The maximum Gasteiger partial charge on any atom is 0.344 e. The van der Waals surface area contributed by atoms with Gasteiger partial charge in [0.05, 0.1) is 7.05 Å². The number of quaternary nitrogens is 1. The van der Waals surface area contributed by atoms with Gasteiger partial charge in [-0.1, -0.05) is 49.4 Å². The van der Waals surface area contributed by atoms with Crippen LogP contribution in [0.2, 0.25) is 0 Å². The van der Waals surface area contributed by atoms with Crippen LogP contribution in [-0.4, -0.2) is 36.4 Å². The molecule has 3 N–H and O–H groups in total. The van der Waals surface area contributed by atoms with E-state index in [0.29, 0.717) is 18.5 Å². The number of amides is 4. The van der Waals surface area contributed by atoms with Crippen molar-refractivity contribution in [2.75, 3.05) is 13.6 Å². The van der Waals surface area contributed by atoms with E-state index < -0.39 is 23.4 Å². The summed E-state index contributed by atoms with van der Waals surface area (Å²) >= 11 is 0. The Morgan fingerprint density at radius 1 is 1.17 bits per heavy atom. The number of nitrogens with one attached hydrogen (secondary N) is 3. The van der Waals surface area contributed by atoms with Crippen LogP contribution in [0.5, 0.6) is 0 Å². The molecule has 0 aliphatic carbocycles. The average molecular weight is 399 g/mol. The zero-order chi connectivity index (χ0) is 21.0. The molecule has 152 valence electrons. The number of nitrogens with zero attached hydrogens (tertiary/aromatic N) is 1. The first-order valence-corrected chi connectivity index (χ1v) is 9.43. The first kappa shape index (κ1) is 20.5. The van der Waals surface area contributed by atoms with Crippen molar-refractivity contribution < 1.29 is 23.7 Å². The Balaban J connectivity index is 1.66. The van der Waals surface area contributed by atoms with Gasteiger partial charge in [-0.15, -0.1) is 0 Å². The fourth-order valence-electron chi connectivity index (χ4n) is 3.53. The van der Waals surface area contributed by atoms with E-state index in [-0.39, 0.29) is 12.4 Å². The van der Waals surface area contributed by atoms with Gasteiger partial charge in [0.25, 0.3) is 11.8 Å². The minimum absolute atomic E-state index is 0.0119. The van der Waals surface area contributed by atoms with E-state index in [1.807, 2.05) is 6.07 Å². The molecule has 2 aromatic carbocycles. The molecule has 4 amide bonds. The van der Waals surface area contributed by atoms with Gasteiger partial charge in [-0.3, -0.25) is 15.0 Å². The summed E-state index contributed by atoms with van der Waals surface area (Å²) in [5, 5.41) is 3.46. The van der Waals surface area contributed by atoms with Crippen molar-refractivity contribution in [2.45, 2.75) is 25.4 Å². The molecule has 3 rings (SSSR count). The standard InChI is InChI=1S/C21H23FN4O3/c1-3-21(16-9-5-4-6-10-16)19(28)26(20(29)23-21)24-18(27)14-25(2)13-15-8-7-11-17(22)12-15/h4-12H,3,13-14H2,1-2H3,(H,23,29)(H,24,27)/p+1/t21-/m0/s1. The maximum absolute atomic E-state index is 13.3. The summed E-state index contributed by atoms with van der Waals surface area (Å²) < 4.78 is 13.3. The first-order valence-electron chi connectivity index (χ1n) is 9.43. The average Bonchev–Trinajstić information content (AvgIpc) is 2.93. The Morgan fingerprint density at radius 2 is 1.90 bits per heavy atom. The molecule has 1 unspecified atom stereocenters. The second-order valence-corrected chi connectivity index (χ2v) is 7.17. The number of rotatable bonds is 7. The highest BCUT2D eigenvalue weighted by molar-refractivity contribution is 6.08. The van der Waals surface area contributed by atoms with Crippen molar-refractivity contribution >= 4 is 17.8 Å². The van der Waals surface area contributed by atoms with Gasteiger partial charge in [0, 0.05) is 5.56 Å². The van der Waals surface area contributed by atoms with Crippen LogP contribution in [0.3, 0.4) is 0 Å². The summed E-state index contributed by atoms with van der Waals surface area (Å²) in [6, 6.07) is 14.4. The third-order valence-electron chi connectivity index (χ3n) is 4.98.